The molecule has 3 fully saturated rings. The van der Waals surface area contributed by atoms with Crippen molar-refractivity contribution in [1.29, 1.82) is 0 Å². The van der Waals surface area contributed by atoms with Gasteiger partial charge in [-0.15, -0.1) is 0 Å². The maximum atomic E-state index is 13.6. The summed E-state index contributed by atoms with van der Waals surface area (Å²) in [7, 11) is -4.34. The Morgan fingerprint density at radius 1 is 1.04 bits per heavy atom. The monoisotopic (exact) mass is 662 g/mol. The number of hydrogen-bond acceptors (Lipinski definition) is 10. The zero-order valence-corrected chi connectivity index (χ0v) is 27.0. The van der Waals surface area contributed by atoms with Crippen LogP contribution in [0.25, 0.3) is 0 Å². The van der Waals surface area contributed by atoms with Crippen molar-refractivity contribution in [3.8, 4) is 0 Å². The number of carbonyl (C=O) groups is 3. The van der Waals surface area contributed by atoms with Gasteiger partial charge in [0.2, 0.25) is 5.78 Å². The highest BCUT2D eigenvalue weighted by molar-refractivity contribution is 7.85. The number of fused-ring (bicyclic) bond motifs is 5. The van der Waals surface area contributed by atoms with Crippen LogP contribution < -0.4 is 0 Å². The van der Waals surface area contributed by atoms with Gasteiger partial charge in [-0.2, -0.15) is 18.6 Å². The van der Waals surface area contributed by atoms with Gasteiger partial charge in [-0.1, -0.05) is 43.7 Å². The van der Waals surface area contributed by atoms with Gasteiger partial charge in [-0.3, -0.25) is 18.9 Å². The number of Topliss-reactive ketones (excluding diaryl/α,β-unsaturated/α-hetero) is 1. The molecule has 3 saturated carbocycles. The number of hydrogen-bond donors (Lipinski definition) is 3. The Bertz CT molecular complexity index is 1820. The van der Waals surface area contributed by atoms with Crippen molar-refractivity contribution in [3.05, 3.63) is 77.9 Å². The number of allylic oxidation sites excluding steroid dienone is 4. The van der Waals surface area contributed by atoms with Gasteiger partial charge < -0.3 is 14.9 Å². The van der Waals surface area contributed by atoms with E-state index in [1.165, 1.54) is 24.3 Å². The van der Waals surface area contributed by atoms with Crippen LogP contribution in [0.5, 0.6) is 0 Å². The second kappa shape index (κ2) is 12.0. The lowest BCUT2D eigenvalue weighted by Gasteiger charge is -2.59. The van der Waals surface area contributed by atoms with Gasteiger partial charge in [-0.05, 0) is 92.0 Å². The molecule has 0 spiro atoms. The minimum Gasteiger partial charge on any atom is -0.457 e. The first-order valence-electron chi connectivity index (χ1n) is 15.8. The average molecular weight is 663 g/mol. The van der Waals surface area contributed by atoms with Crippen LogP contribution in [-0.4, -0.2) is 59.0 Å². The maximum absolute atomic E-state index is 13.6. The molecule has 0 aromatic heterocycles. The number of aliphatic hydroxyl groups excluding tert-OH is 1. The van der Waals surface area contributed by atoms with Crippen LogP contribution in [0, 0.1) is 28.6 Å². The van der Waals surface area contributed by atoms with Crippen LogP contribution in [0.3, 0.4) is 0 Å². The van der Waals surface area contributed by atoms with Crippen LogP contribution in [0.15, 0.2) is 87.5 Å². The smallest absolute Gasteiger partial charge is 0.310 e. The molecule has 7 atom stereocenters. The minimum atomic E-state index is -4.34. The van der Waals surface area contributed by atoms with Crippen molar-refractivity contribution in [2.45, 2.75) is 69.0 Å². The lowest BCUT2D eigenvalue weighted by Crippen LogP contribution is -2.61. The first-order chi connectivity index (χ1) is 22.2. The predicted octanol–water partition coefficient (Wildman–Crippen LogP) is 5.01. The molecule has 0 saturated heterocycles. The van der Waals surface area contributed by atoms with Crippen LogP contribution in [0.1, 0.15) is 51.5 Å². The van der Waals surface area contributed by atoms with Crippen molar-refractivity contribution < 1.29 is 42.3 Å². The topological polar surface area (TPSA) is 180 Å². The molecule has 6 rings (SSSR count). The number of aliphatic hydroxyl groups is 2. The quantitative estimate of drug-likeness (QED) is 0.199. The summed E-state index contributed by atoms with van der Waals surface area (Å²) in [6.07, 6.45) is 6.69. The van der Waals surface area contributed by atoms with Gasteiger partial charge in [0.05, 0.1) is 28.8 Å². The van der Waals surface area contributed by atoms with Gasteiger partial charge in [0.25, 0.3) is 10.1 Å². The molecule has 11 nitrogen and oxygen atoms in total. The molecule has 4 aliphatic carbocycles. The summed E-state index contributed by atoms with van der Waals surface area (Å²) in [6.45, 7) is 3.33. The fraction of sp³-hybridized carbons (Fsp3) is 0.457. The summed E-state index contributed by atoms with van der Waals surface area (Å²) >= 11 is 0. The molecule has 0 bridgehead atoms. The van der Waals surface area contributed by atoms with E-state index in [-0.39, 0.29) is 47.7 Å². The van der Waals surface area contributed by atoms with E-state index >= 15 is 0 Å². The minimum absolute atomic E-state index is 0.0218. The second-order valence-electron chi connectivity index (χ2n) is 13.7. The molecule has 4 aliphatic rings. The summed E-state index contributed by atoms with van der Waals surface area (Å²) in [4.78, 5) is 38.3. The Morgan fingerprint density at radius 2 is 1.77 bits per heavy atom. The lowest BCUT2D eigenvalue weighted by atomic mass is 9.46. The Morgan fingerprint density at radius 3 is 2.49 bits per heavy atom. The molecule has 248 valence electrons. The fourth-order valence-corrected chi connectivity index (χ4v) is 9.29. The van der Waals surface area contributed by atoms with Gasteiger partial charge in [-0.25, -0.2) is 0 Å². The SMILES string of the molecule is CC12C=CC(=O)C=C1CCC1C2C(O)CC2(C)C1CCC2(O)C(=O)COC(=O)Cc1ccccc1N=Nc1ccc(S(=O)(=O)O)cc1. The molecule has 0 heterocycles. The number of rotatable bonds is 8. The number of esters is 1. The van der Waals surface area contributed by atoms with Crippen LogP contribution in [0.2, 0.25) is 0 Å². The molecular weight excluding hydrogens is 624 g/mol. The summed E-state index contributed by atoms with van der Waals surface area (Å²) in [5, 5.41) is 31.8. The second-order valence-corrected chi connectivity index (χ2v) is 15.1. The molecule has 12 heteroatoms. The van der Waals surface area contributed by atoms with Crippen LogP contribution in [0.4, 0.5) is 11.4 Å². The molecule has 2 aromatic carbocycles. The molecule has 0 aliphatic heterocycles. The molecule has 7 unspecified atom stereocenters. The highest BCUT2D eigenvalue weighted by Crippen LogP contribution is 2.67. The van der Waals surface area contributed by atoms with Crippen molar-refractivity contribution in [1.82, 2.24) is 0 Å². The maximum Gasteiger partial charge on any atom is 0.310 e. The van der Waals surface area contributed by atoms with Crippen molar-refractivity contribution in [2.24, 2.45) is 38.8 Å². The zero-order chi connectivity index (χ0) is 33.8. The van der Waals surface area contributed by atoms with Gasteiger partial charge in [0.1, 0.15) is 5.60 Å². The summed E-state index contributed by atoms with van der Waals surface area (Å²) in [5.41, 5.74) is -0.939. The highest BCUT2D eigenvalue weighted by atomic mass is 32.2. The molecule has 47 heavy (non-hydrogen) atoms. The van der Waals surface area contributed by atoms with Gasteiger partial charge in [0.15, 0.2) is 12.4 Å². The summed E-state index contributed by atoms with van der Waals surface area (Å²) < 4.78 is 37.1. The first kappa shape index (κ1) is 33.1. The van der Waals surface area contributed by atoms with E-state index in [0.29, 0.717) is 23.4 Å². The van der Waals surface area contributed by atoms with E-state index in [9.17, 15) is 33.0 Å². The van der Waals surface area contributed by atoms with E-state index in [4.69, 9.17) is 9.29 Å². The summed E-state index contributed by atoms with van der Waals surface area (Å²) in [6, 6.07) is 11.8. The van der Waals surface area contributed by atoms with E-state index in [1.54, 1.807) is 36.4 Å². The number of benzene rings is 2. The van der Waals surface area contributed by atoms with E-state index < -0.39 is 51.0 Å². The first-order valence-corrected chi connectivity index (χ1v) is 17.2. The Hall–Kier alpha value is -3.84. The Labute approximate surface area is 273 Å². The number of nitrogens with zero attached hydrogens (tertiary/aromatic N) is 2. The molecule has 0 amide bonds. The third-order valence-corrected chi connectivity index (χ3v) is 12.1. The van der Waals surface area contributed by atoms with Crippen molar-refractivity contribution in [2.75, 3.05) is 6.61 Å². The lowest BCUT2D eigenvalue weighted by molar-refractivity contribution is -0.181. The number of ketones is 2. The predicted molar refractivity (Wildman–Crippen MR) is 170 cm³/mol. The molecular formula is C35H38N2O9S. The summed E-state index contributed by atoms with van der Waals surface area (Å²) in [5.74, 6) is -1.42. The largest absolute Gasteiger partial charge is 0.457 e. The normalized spacial score (nSPS) is 33.1. The molecule has 2 aromatic rings. The van der Waals surface area contributed by atoms with E-state index in [2.05, 4.69) is 17.2 Å². The van der Waals surface area contributed by atoms with E-state index in [1.807, 2.05) is 13.0 Å². The number of carbonyl (C=O) groups excluding carboxylic acids is 3. The molecule has 0 radical (unpaired) electrons. The van der Waals surface area contributed by atoms with Crippen molar-refractivity contribution in [3.63, 3.8) is 0 Å². The Balaban J connectivity index is 1.11. The fourth-order valence-electron chi connectivity index (χ4n) is 8.81. The number of azo groups is 1. The van der Waals surface area contributed by atoms with Crippen LogP contribution >= 0.6 is 0 Å². The van der Waals surface area contributed by atoms with E-state index in [0.717, 1.165) is 18.4 Å². The van der Waals surface area contributed by atoms with Crippen LogP contribution in [-0.2, 0) is 35.7 Å². The zero-order valence-electron chi connectivity index (χ0n) is 26.2. The molecule has 3 N–H and O–H groups in total. The highest BCUT2D eigenvalue weighted by Gasteiger charge is 2.68. The average Bonchev–Trinajstić information content (AvgIpc) is 3.30. The standard InChI is InChI=1S/C35H38N2O9S/c1-33-15-13-24(38)18-22(33)7-12-26-27-14-16-35(42,34(27,2)19-29(39)32(26)33)30(40)20-46-31(41)17-21-5-3-4-6-28(21)37-36-23-8-10-25(11-9-23)47(43,44)45/h3-6,8-11,13,15,18,26-27,29,32,39,42H,7,12,14,16-17,19-20H2,1-2H3,(H,43,44,45). The number of ether oxygens (including phenoxy) is 1. The van der Waals surface area contributed by atoms with Crippen molar-refractivity contribution >= 4 is 39.0 Å². The van der Waals surface area contributed by atoms with Gasteiger partial charge >= 0.3 is 5.97 Å². The van der Waals surface area contributed by atoms with Gasteiger partial charge in [0, 0.05) is 16.7 Å². The third kappa shape index (κ3) is 5.81. The Kier molecular flexibility index (Phi) is 8.44. The third-order valence-electron chi connectivity index (χ3n) is 11.2.